The molecule has 7 heteroatoms. The van der Waals surface area contributed by atoms with Crippen molar-refractivity contribution in [3.8, 4) is 0 Å². The first-order valence-electron chi connectivity index (χ1n) is 4.35. The summed E-state index contributed by atoms with van der Waals surface area (Å²) in [5.41, 5.74) is 0. The van der Waals surface area contributed by atoms with Crippen LogP contribution in [0.1, 0.15) is 0 Å². The number of hydrogen-bond donors (Lipinski definition) is 1. The zero-order chi connectivity index (χ0) is 11.7. The van der Waals surface area contributed by atoms with E-state index in [2.05, 4.69) is 15.3 Å². The fraction of sp³-hybridized carbons (Fsp3) is 0.111. The Labute approximate surface area is 107 Å². The highest BCUT2D eigenvalue weighted by Crippen LogP contribution is 2.30. The molecular formula is C9H7Cl3N4. The van der Waals surface area contributed by atoms with Gasteiger partial charge in [-0.05, 0) is 23.7 Å². The third-order valence-electron chi connectivity index (χ3n) is 1.97. The fourth-order valence-corrected chi connectivity index (χ4v) is 1.70. The Morgan fingerprint density at radius 3 is 2.62 bits per heavy atom. The van der Waals surface area contributed by atoms with E-state index in [-0.39, 0.29) is 15.5 Å². The lowest BCUT2D eigenvalue weighted by atomic mass is 10.5. The molecule has 2 aromatic heterocycles. The molecule has 2 aromatic rings. The summed E-state index contributed by atoms with van der Waals surface area (Å²) >= 11 is 17.4. The molecule has 0 aromatic carbocycles. The first kappa shape index (κ1) is 11.5. The Morgan fingerprint density at radius 1 is 1.25 bits per heavy atom. The molecule has 2 rings (SSSR count). The summed E-state index contributed by atoms with van der Waals surface area (Å²) in [7, 11) is 1.89. The number of anilines is 2. The van der Waals surface area contributed by atoms with Gasteiger partial charge in [0.2, 0.25) is 5.28 Å². The maximum absolute atomic E-state index is 5.95. The van der Waals surface area contributed by atoms with Crippen molar-refractivity contribution in [2.75, 3.05) is 5.32 Å². The van der Waals surface area contributed by atoms with Crippen LogP contribution >= 0.6 is 34.8 Å². The van der Waals surface area contributed by atoms with Crippen molar-refractivity contribution in [1.82, 2.24) is 14.5 Å². The van der Waals surface area contributed by atoms with Crippen LogP contribution in [-0.4, -0.2) is 14.5 Å². The van der Waals surface area contributed by atoms with Crippen molar-refractivity contribution < 1.29 is 0 Å². The molecular weight excluding hydrogens is 270 g/mol. The van der Waals surface area contributed by atoms with E-state index >= 15 is 0 Å². The Hall–Kier alpha value is -0.970. The van der Waals surface area contributed by atoms with Gasteiger partial charge in [0.25, 0.3) is 0 Å². The molecule has 1 N–H and O–H groups in total. The van der Waals surface area contributed by atoms with E-state index in [0.717, 1.165) is 5.82 Å². The normalized spacial score (nSPS) is 10.5. The summed E-state index contributed by atoms with van der Waals surface area (Å²) in [4.78, 5) is 7.69. The van der Waals surface area contributed by atoms with E-state index in [4.69, 9.17) is 34.8 Å². The summed E-state index contributed by atoms with van der Waals surface area (Å²) in [6.07, 6.45) is 1.89. The van der Waals surface area contributed by atoms with E-state index in [1.165, 1.54) is 0 Å². The van der Waals surface area contributed by atoms with Gasteiger partial charge in [-0.1, -0.05) is 23.2 Å². The Morgan fingerprint density at radius 2 is 2.00 bits per heavy atom. The zero-order valence-corrected chi connectivity index (χ0v) is 10.5. The van der Waals surface area contributed by atoms with Gasteiger partial charge in [-0.3, -0.25) is 0 Å². The third kappa shape index (κ3) is 2.24. The molecule has 0 bridgehead atoms. The van der Waals surface area contributed by atoms with Gasteiger partial charge < -0.3 is 9.88 Å². The van der Waals surface area contributed by atoms with Crippen molar-refractivity contribution in [3.05, 3.63) is 33.8 Å². The van der Waals surface area contributed by atoms with E-state index in [1.54, 1.807) is 0 Å². The lowest BCUT2D eigenvalue weighted by molar-refractivity contribution is 0.934. The van der Waals surface area contributed by atoms with Crippen LogP contribution in [0.25, 0.3) is 0 Å². The zero-order valence-electron chi connectivity index (χ0n) is 8.21. The summed E-state index contributed by atoms with van der Waals surface area (Å²) < 4.78 is 1.88. The van der Waals surface area contributed by atoms with Gasteiger partial charge in [0.1, 0.15) is 10.8 Å². The minimum atomic E-state index is 0.0473. The molecule has 0 unspecified atom stereocenters. The standard InChI is InChI=1S/C9H7Cl3N4/c1-16-4-2-3-5(16)13-8-6(10)7(11)14-9(12)15-8/h2-4H,1H3,(H,13,14,15). The molecule has 0 amide bonds. The Balaban J connectivity index is 2.38. The lowest BCUT2D eigenvalue weighted by Gasteiger charge is -2.08. The van der Waals surface area contributed by atoms with Crippen LogP contribution in [0.3, 0.4) is 0 Å². The Bertz CT molecular complexity index is 523. The predicted octanol–water partition coefficient (Wildman–Crippen LogP) is 3.52. The van der Waals surface area contributed by atoms with Crippen LogP contribution < -0.4 is 5.32 Å². The van der Waals surface area contributed by atoms with E-state index in [1.807, 2.05) is 29.9 Å². The van der Waals surface area contributed by atoms with Crippen molar-refractivity contribution in [3.63, 3.8) is 0 Å². The largest absolute Gasteiger partial charge is 0.338 e. The molecule has 84 valence electrons. The van der Waals surface area contributed by atoms with Crippen LogP contribution in [0.15, 0.2) is 18.3 Å². The van der Waals surface area contributed by atoms with E-state index in [9.17, 15) is 0 Å². The summed E-state index contributed by atoms with van der Waals surface area (Å²) in [6.45, 7) is 0. The first-order valence-corrected chi connectivity index (χ1v) is 5.48. The lowest BCUT2D eigenvalue weighted by Crippen LogP contribution is -2.01. The number of nitrogens with zero attached hydrogens (tertiary/aromatic N) is 3. The van der Waals surface area contributed by atoms with Gasteiger partial charge in [0.15, 0.2) is 11.0 Å². The molecule has 0 aliphatic rings. The van der Waals surface area contributed by atoms with Crippen molar-refractivity contribution >= 4 is 46.4 Å². The fourth-order valence-electron chi connectivity index (χ4n) is 1.19. The van der Waals surface area contributed by atoms with E-state index in [0.29, 0.717) is 5.82 Å². The minimum absolute atomic E-state index is 0.0473. The smallest absolute Gasteiger partial charge is 0.225 e. The molecule has 0 saturated carbocycles. The molecule has 0 saturated heterocycles. The monoisotopic (exact) mass is 276 g/mol. The summed E-state index contributed by atoms with van der Waals surface area (Å²) in [5.74, 6) is 1.21. The highest BCUT2D eigenvalue weighted by atomic mass is 35.5. The molecule has 0 aliphatic heterocycles. The highest BCUT2D eigenvalue weighted by Gasteiger charge is 2.11. The van der Waals surface area contributed by atoms with Crippen LogP contribution in [0.4, 0.5) is 11.6 Å². The second kappa shape index (κ2) is 4.49. The summed E-state index contributed by atoms with van der Waals surface area (Å²) in [5, 5.41) is 3.43. The maximum Gasteiger partial charge on any atom is 0.225 e. The van der Waals surface area contributed by atoms with Crippen molar-refractivity contribution in [1.29, 1.82) is 0 Å². The molecule has 0 atom stereocenters. The third-order valence-corrected chi connectivity index (χ3v) is 2.87. The molecule has 0 radical (unpaired) electrons. The number of rotatable bonds is 2. The molecule has 0 aliphatic carbocycles. The van der Waals surface area contributed by atoms with Gasteiger partial charge in [-0.25, -0.2) is 4.98 Å². The van der Waals surface area contributed by atoms with Gasteiger partial charge in [0, 0.05) is 13.2 Å². The molecule has 0 fully saturated rings. The minimum Gasteiger partial charge on any atom is -0.338 e. The average molecular weight is 278 g/mol. The van der Waals surface area contributed by atoms with Crippen LogP contribution in [-0.2, 0) is 7.05 Å². The quantitative estimate of drug-likeness (QED) is 0.674. The molecule has 0 spiro atoms. The maximum atomic E-state index is 5.95. The van der Waals surface area contributed by atoms with Crippen LogP contribution in [0, 0.1) is 0 Å². The van der Waals surface area contributed by atoms with Crippen LogP contribution in [0.2, 0.25) is 15.5 Å². The number of halogens is 3. The van der Waals surface area contributed by atoms with Crippen molar-refractivity contribution in [2.24, 2.45) is 7.05 Å². The van der Waals surface area contributed by atoms with Crippen LogP contribution in [0.5, 0.6) is 0 Å². The number of hydrogen-bond acceptors (Lipinski definition) is 3. The summed E-state index contributed by atoms with van der Waals surface area (Å²) in [6, 6.07) is 3.76. The predicted molar refractivity (Wildman–Crippen MR) is 65.8 cm³/mol. The van der Waals surface area contributed by atoms with Gasteiger partial charge >= 0.3 is 0 Å². The van der Waals surface area contributed by atoms with E-state index < -0.39 is 0 Å². The second-order valence-electron chi connectivity index (χ2n) is 3.08. The Kier molecular flexibility index (Phi) is 3.23. The molecule has 4 nitrogen and oxygen atoms in total. The van der Waals surface area contributed by atoms with Crippen molar-refractivity contribution in [2.45, 2.75) is 0 Å². The van der Waals surface area contributed by atoms with Gasteiger partial charge in [-0.15, -0.1) is 0 Å². The molecule has 16 heavy (non-hydrogen) atoms. The number of aromatic nitrogens is 3. The van der Waals surface area contributed by atoms with Gasteiger partial charge in [-0.2, -0.15) is 4.98 Å². The SMILES string of the molecule is Cn1cccc1Nc1nc(Cl)nc(Cl)c1Cl. The van der Waals surface area contributed by atoms with Gasteiger partial charge in [0.05, 0.1) is 0 Å². The highest BCUT2D eigenvalue weighted by molar-refractivity contribution is 6.43. The molecule has 2 heterocycles. The average Bonchev–Trinajstić information content (AvgIpc) is 2.60. The number of aryl methyl sites for hydroxylation is 1. The second-order valence-corrected chi connectivity index (χ2v) is 4.15. The first-order chi connectivity index (χ1) is 7.58. The topological polar surface area (TPSA) is 42.7 Å². The number of nitrogens with one attached hydrogen (secondary N) is 1.